The number of Topliss-reactive ketones (excluding diaryl/α,β-unsaturated/α-hetero) is 1. The van der Waals surface area contributed by atoms with Crippen LogP contribution in [-0.4, -0.2) is 52.2 Å². The minimum atomic E-state index is -0.492. The fourth-order valence-corrected chi connectivity index (χ4v) is 3.19. The zero-order valence-corrected chi connectivity index (χ0v) is 14.9. The van der Waals surface area contributed by atoms with Crippen molar-refractivity contribution < 1.29 is 14.3 Å². The Labute approximate surface area is 147 Å². The number of para-hydroxylation sites is 1. The standard InChI is InChI=1S/C19H23N3O3/c1-4-16-12-21(10-11-25-16)19(24)18(23)17-13(2)20-22(14(17)3)15-8-6-5-7-9-15/h5-9,16H,4,10-12H2,1-3H3/t16-/m0/s1. The van der Waals surface area contributed by atoms with Crippen molar-refractivity contribution in [3.8, 4) is 5.69 Å². The third kappa shape index (κ3) is 3.35. The van der Waals surface area contributed by atoms with E-state index >= 15 is 0 Å². The van der Waals surface area contributed by atoms with E-state index < -0.39 is 11.7 Å². The molecule has 1 amide bonds. The van der Waals surface area contributed by atoms with Gasteiger partial charge in [-0.3, -0.25) is 9.59 Å². The predicted octanol–water partition coefficient (Wildman–Crippen LogP) is 2.31. The molecule has 1 fully saturated rings. The Hall–Kier alpha value is -2.47. The monoisotopic (exact) mass is 341 g/mol. The Morgan fingerprint density at radius 3 is 2.64 bits per heavy atom. The number of benzene rings is 1. The first-order valence-electron chi connectivity index (χ1n) is 8.59. The summed E-state index contributed by atoms with van der Waals surface area (Å²) >= 11 is 0. The summed E-state index contributed by atoms with van der Waals surface area (Å²) in [5.74, 6) is -0.963. The van der Waals surface area contributed by atoms with Crippen molar-refractivity contribution in [1.29, 1.82) is 0 Å². The number of carbonyl (C=O) groups is 2. The molecule has 1 saturated heterocycles. The number of ether oxygens (including phenoxy) is 1. The van der Waals surface area contributed by atoms with E-state index in [4.69, 9.17) is 4.74 Å². The lowest BCUT2D eigenvalue weighted by Gasteiger charge is -2.32. The topological polar surface area (TPSA) is 64.4 Å². The van der Waals surface area contributed by atoms with Gasteiger partial charge in [-0.1, -0.05) is 25.1 Å². The average molecular weight is 341 g/mol. The van der Waals surface area contributed by atoms with Crippen molar-refractivity contribution in [3.05, 3.63) is 47.3 Å². The van der Waals surface area contributed by atoms with Crippen LogP contribution in [-0.2, 0) is 9.53 Å². The van der Waals surface area contributed by atoms with Crippen LogP contribution < -0.4 is 0 Å². The Balaban J connectivity index is 1.87. The van der Waals surface area contributed by atoms with Crippen LogP contribution in [0, 0.1) is 13.8 Å². The maximum absolute atomic E-state index is 12.8. The highest BCUT2D eigenvalue weighted by Crippen LogP contribution is 2.20. The zero-order chi connectivity index (χ0) is 18.0. The number of amides is 1. The predicted molar refractivity (Wildman–Crippen MR) is 94.0 cm³/mol. The highest BCUT2D eigenvalue weighted by atomic mass is 16.5. The van der Waals surface area contributed by atoms with Crippen molar-refractivity contribution in [2.24, 2.45) is 0 Å². The molecule has 1 aromatic carbocycles. The second kappa shape index (κ2) is 7.19. The fraction of sp³-hybridized carbons (Fsp3) is 0.421. The molecule has 0 bridgehead atoms. The lowest BCUT2D eigenvalue weighted by molar-refractivity contribution is -0.133. The average Bonchev–Trinajstić information content (AvgIpc) is 2.95. The molecule has 1 aromatic heterocycles. The van der Waals surface area contributed by atoms with Gasteiger partial charge in [0.05, 0.1) is 35.3 Å². The quantitative estimate of drug-likeness (QED) is 0.632. The lowest BCUT2D eigenvalue weighted by Crippen LogP contribution is -2.48. The maximum atomic E-state index is 12.8. The van der Waals surface area contributed by atoms with Crippen LogP contribution in [0.4, 0.5) is 0 Å². The van der Waals surface area contributed by atoms with Crippen molar-refractivity contribution in [3.63, 3.8) is 0 Å². The summed E-state index contributed by atoms with van der Waals surface area (Å²) < 4.78 is 7.29. The van der Waals surface area contributed by atoms with E-state index in [-0.39, 0.29) is 6.10 Å². The van der Waals surface area contributed by atoms with E-state index in [1.165, 1.54) is 0 Å². The number of ketones is 1. The van der Waals surface area contributed by atoms with Gasteiger partial charge in [-0.05, 0) is 32.4 Å². The maximum Gasteiger partial charge on any atom is 0.295 e. The van der Waals surface area contributed by atoms with Gasteiger partial charge in [0.15, 0.2) is 0 Å². The second-order valence-electron chi connectivity index (χ2n) is 6.27. The molecule has 0 spiro atoms. The molecule has 1 aliphatic heterocycles. The van der Waals surface area contributed by atoms with Crippen LogP contribution in [0.3, 0.4) is 0 Å². The van der Waals surface area contributed by atoms with E-state index in [9.17, 15) is 9.59 Å². The summed E-state index contributed by atoms with van der Waals surface area (Å²) in [5, 5.41) is 4.46. The summed E-state index contributed by atoms with van der Waals surface area (Å²) in [5.41, 5.74) is 2.52. The van der Waals surface area contributed by atoms with Crippen LogP contribution in [0.25, 0.3) is 5.69 Å². The number of aryl methyl sites for hydroxylation is 1. The molecular weight excluding hydrogens is 318 g/mol. The van der Waals surface area contributed by atoms with Gasteiger partial charge in [-0.15, -0.1) is 0 Å². The molecular formula is C19H23N3O3. The van der Waals surface area contributed by atoms with Crippen LogP contribution in [0.2, 0.25) is 0 Å². The molecule has 0 N–H and O–H groups in total. The Morgan fingerprint density at radius 2 is 1.96 bits per heavy atom. The van der Waals surface area contributed by atoms with E-state index in [2.05, 4.69) is 5.10 Å². The van der Waals surface area contributed by atoms with Crippen molar-refractivity contribution in [1.82, 2.24) is 14.7 Å². The third-order valence-electron chi connectivity index (χ3n) is 4.59. The number of nitrogens with zero attached hydrogens (tertiary/aromatic N) is 3. The summed E-state index contributed by atoms with van der Waals surface area (Å²) in [6.45, 7) is 6.98. The van der Waals surface area contributed by atoms with Gasteiger partial charge in [0.1, 0.15) is 0 Å². The van der Waals surface area contributed by atoms with Gasteiger partial charge >= 0.3 is 0 Å². The fourth-order valence-electron chi connectivity index (χ4n) is 3.19. The number of rotatable bonds is 4. The van der Waals surface area contributed by atoms with Crippen LogP contribution in [0.1, 0.15) is 35.1 Å². The molecule has 25 heavy (non-hydrogen) atoms. The van der Waals surface area contributed by atoms with E-state index in [0.29, 0.717) is 36.6 Å². The van der Waals surface area contributed by atoms with Crippen LogP contribution in [0.5, 0.6) is 0 Å². The zero-order valence-electron chi connectivity index (χ0n) is 14.9. The molecule has 0 unspecified atom stereocenters. The lowest BCUT2D eigenvalue weighted by atomic mass is 10.1. The number of morpholine rings is 1. The highest BCUT2D eigenvalue weighted by molar-refractivity contribution is 6.43. The molecule has 0 radical (unpaired) electrons. The number of aromatic nitrogens is 2. The first-order chi connectivity index (χ1) is 12.0. The second-order valence-corrected chi connectivity index (χ2v) is 6.27. The number of hydrogen-bond acceptors (Lipinski definition) is 4. The van der Waals surface area contributed by atoms with Gasteiger partial charge in [-0.25, -0.2) is 4.68 Å². The molecule has 132 valence electrons. The van der Waals surface area contributed by atoms with Gasteiger partial charge in [0, 0.05) is 13.1 Å². The number of hydrogen-bond donors (Lipinski definition) is 0. The normalized spacial score (nSPS) is 17.6. The largest absolute Gasteiger partial charge is 0.375 e. The van der Waals surface area contributed by atoms with Crippen molar-refractivity contribution >= 4 is 11.7 Å². The highest BCUT2D eigenvalue weighted by Gasteiger charge is 2.31. The molecule has 6 heteroatoms. The number of carbonyl (C=O) groups excluding carboxylic acids is 2. The van der Waals surface area contributed by atoms with Gasteiger partial charge in [0.25, 0.3) is 11.7 Å². The molecule has 0 saturated carbocycles. The molecule has 3 rings (SSSR count). The Bertz CT molecular complexity index is 783. The van der Waals surface area contributed by atoms with E-state index in [1.807, 2.05) is 44.2 Å². The molecule has 1 atom stereocenters. The first kappa shape index (κ1) is 17.4. The van der Waals surface area contributed by atoms with Gasteiger partial charge < -0.3 is 9.64 Å². The van der Waals surface area contributed by atoms with Crippen molar-refractivity contribution in [2.75, 3.05) is 19.7 Å². The van der Waals surface area contributed by atoms with Crippen LogP contribution in [0.15, 0.2) is 30.3 Å². The van der Waals surface area contributed by atoms with Crippen molar-refractivity contribution in [2.45, 2.75) is 33.3 Å². The van der Waals surface area contributed by atoms with Gasteiger partial charge in [-0.2, -0.15) is 5.10 Å². The van der Waals surface area contributed by atoms with Crippen LogP contribution >= 0.6 is 0 Å². The summed E-state index contributed by atoms with van der Waals surface area (Å²) in [6, 6.07) is 9.59. The SMILES string of the molecule is CC[C@H]1CN(C(=O)C(=O)c2c(C)nn(-c3ccccc3)c2C)CCO1. The minimum Gasteiger partial charge on any atom is -0.375 e. The van der Waals surface area contributed by atoms with E-state index in [1.54, 1.807) is 16.5 Å². The first-order valence-corrected chi connectivity index (χ1v) is 8.59. The summed E-state index contributed by atoms with van der Waals surface area (Å²) in [6.07, 6.45) is 0.821. The Kier molecular flexibility index (Phi) is 4.99. The summed E-state index contributed by atoms with van der Waals surface area (Å²) in [4.78, 5) is 27.1. The third-order valence-corrected chi connectivity index (χ3v) is 4.59. The molecule has 0 aliphatic carbocycles. The molecule has 6 nitrogen and oxygen atoms in total. The van der Waals surface area contributed by atoms with Gasteiger partial charge in [0.2, 0.25) is 0 Å². The molecule has 2 heterocycles. The van der Waals surface area contributed by atoms with E-state index in [0.717, 1.165) is 12.1 Å². The minimum absolute atomic E-state index is 0.000245. The Morgan fingerprint density at radius 1 is 1.24 bits per heavy atom. The molecule has 2 aromatic rings. The summed E-state index contributed by atoms with van der Waals surface area (Å²) in [7, 11) is 0. The molecule has 1 aliphatic rings. The smallest absolute Gasteiger partial charge is 0.295 e.